The highest BCUT2D eigenvalue weighted by atomic mass is 16.3. The van der Waals surface area contributed by atoms with Crippen LogP contribution < -0.4 is 5.32 Å². The van der Waals surface area contributed by atoms with Gasteiger partial charge in [-0.2, -0.15) is 0 Å². The summed E-state index contributed by atoms with van der Waals surface area (Å²) in [7, 11) is 0. The Morgan fingerprint density at radius 2 is 2.12 bits per heavy atom. The van der Waals surface area contributed by atoms with Gasteiger partial charge in [0.1, 0.15) is 5.76 Å². The summed E-state index contributed by atoms with van der Waals surface area (Å²) in [5.41, 5.74) is 0.638. The van der Waals surface area contributed by atoms with Gasteiger partial charge >= 0.3 is 0 Å². The normalized spacial score (nSPS) is 28.9. The van der Waals surface area contributed by atoms with Gasteiger partial charge in [0.05, 0.1) is 12.3 Å². The van der Waals surface area contributed by atoms with Crippen molar-refractivity contribution in [1.29, 1.82) is 0 Å². The monoisotopic (exact) mass is 233 g/mol. The SMILES string of the molecule is CC(NC1CCC12CCCCC2)c1ccco1. The van der Waals surface area contributed by atoms with E-state index in [1.807, 2.05) is 6.07 Å². The van der Waals surface area contributed by atoms with Gasteiger partial charge in [-0.15, -0.1) is 0 Å². The number of furan rings is 1. The zero-order chi connectivity index (χ0) is 11.7. The van der Waals surface area contributed by atoms with Gasteiger partial charge in [0.25, 0.3) is 0 Å². The molecule has 3 rings (SSSR count). The van der Waals surface area contributed by atoms with Crippen molar-refractivity contribution >= 4 is 0 Å². The van der Waals surface area contributed by atoms with Crippen LogP contribution in [0.3, 0.4) is 0 Å². The second kappa shape index (κ2) is 4.49. The number of nitrogens with one attached hydrogen (secondary N) is 1. The zero-order valence-corrected chi connectivity index (χ0v) is 10.7. The summed E-state index contributed by atoms with van der Waals surface area (Å²) >= 11 is 0. The highest BCUT2D eigenvalue weighted by molar-refractivity contribution is 5.07. The van der Waals surface area contributed by atoms with Crippen molar-refractivity contribution in [1.82, 2.24) is 5.32 Å². The van der Waals surface area contributed by atoms with Crippen molar-refractivity contribution in [2.24, 2.45) is 5.41 Å². The van der Waals surface area contributed by atoms with Gasteiger partial charge in [0, 0.05) is 6.04 Å². The Hall–Kier alpha value is -0.760. The van der Waals surface area contributed by atoms with E-state index in [1.54, 1.807) is 6.26 Å². The lowest BCUT2D eigenvalue weighted by molar-refractivity contribution is 0.0161. The first kappa shape index (κ1) is 11.3. The summed E-state index contributed by atoms with van der Waals surface area (Å²) < 4.78 is 5.48. The van der Waals surface area contributed by atoms with Crippen LogP contribution in [0.4, 0.5) is 0 Å². The first-order valence-corrected chi connectivity index (χ1v) is 7.10. The van der Waals surface area contributed by atoms with Crippen LogP contribution in [-0.2, 0) is 0 Å². The van der Waals surface area contributed by atoms with E-state index in [2.05, 4.69) is 18.3 Å². The van der Waals surface area contributed by atoms with Gasteiger partial charge in [-0.25, -0.2) is 0 Å². The standard InChI is InChI=1S/C15H23NO/c1-12(13-6-5-11-17-13)16-14-7-10-15(14)8-3-2-4-9-15/h5-6,11-12,14,16H,2-4,7-10H2,1H3. The lowest BCUT2D eigenvalue weighted by atomic mass is 9.57. The molecule has 17 heavy (non-hydrogen) atoms. The molecule has 0 amide bonds. The maximum absolute atomic E-state index is 5.48. The van der Waals surface area contributed by atoms with Crippen molar-refractivity contribution in [3.05, 3.63) is 24.2 Å². The maximum Gasteiger partial charge on any atom is 0.120 e. The largest absolute Gasteiger partial charge is 0.468 e. The number of rotatable bonds is 3. The fourth-order valence-electron chi connectivity index (χ4n) is 3.73. The van der Waals surface area contributed by atoms with Crippen molar-refractivity contribution in [2.45, 2.75) is 64.0 Å². The molecule has 2 aliphatic carbocycles. The van der Waals surface area contributed by atoms with Gasteiger partial charge in [0.2, 0.25) is 0 Å². The molecule has 0 bridgehead atoms. The van der Waals surface area contributed by atoms with Crippen molar-refractivity contribution in [2.75, 3.05) is 0 Å². The minimum atomic E-state index is 0.356. The molecule has 2 heteroatoms. The Morgan fingerprint density at radius 3 is 2.71 bits per heavy atom. The topological polar surface area (TPSA) is 25.2 Å². The van der Waals surface area contributed by atoms with Crippen LogP contribution in [-0.4, -0.2) is 6.04 Å². The predicted octanol–water partition coefficient (Wildman–Crippen LogP) is 4.04. The minimum absolute atomic E-state index is 0.356. The molecule has 2 unspecified atom stereocenters. The smallest absolute Gasteiger partial charge is 0.120 e. The third-order valence-corrected chi connectivity index (χ3v) is 4.94. The molecule has 0 radical (unpaired) electrons. The Labute approximate surface area is 104 Å². The third-order valence-electron chi connectivity index (χ3n) is 4.94. The molecule has 1 N–H and O–H groups in total. The van der Waals surface area contributed by atoms with E-state index in [-0.39, 0.29) is 0 Å². The van der Waals surface area contributed by atoms with Crippen LogP contribution in [0, 0.1) is 5.41 Å². The zero-order valence-electron chi connectivity index (χ0n) is 10.7. The molecule has 2 atom stereocenters. The summed E-state index contributed by atoms with van der Waals surface area (Å²) in [6, 6.07) is 5.13. The van der Waals surface area contributed by atoms with Gasteiger partial charge in [-0.05, 0) is 50.2 Å². The van der Waals surface area contributed by atoms with E-state index in [0.717, 1.165) is 11.8 Å². The maximum atomic E-state index is 5.48. The van der Waals surface area contributed by atoms with Gasteiger partial charge < -0.3 is 9.73 Å². The number of hydrogen-bond donors (Lipinski definition) is 1. The third kappa shape index (κ3) is 2.03. The van der Waals surface area contributed by atoms with Crippen molar-refractivity contribution in [3.8, 4) is 0 Å². The molecule has 2 aliphatic rings. The Balaban J connectivity index is 1.62. The van der Waals surface area contributed by atoms with E-state index in [9.17, 15) is 0 Å². The second-order valence-electron chi connectivity index (χ2n) is 5.92. The lowest BCUT2D eigenvalue weighted by Gasteiger charge is -2.53. The Kier molecular flexibility index (Phi) is 2.99. The molecular weight excluding hydrogens is 210 g/mol. The molecule has 1 aromatic rings. The molecule has 0 aromatic carbocycles. The summed E-state index contributed by atoms with van der Waals surface area (Å²) in [4.78, 5) is 0. The molecule has 1 aromatic heterocycles. The fourth-order valence-corrected chi connectivity index (χ4v) is 3.73. The minimum Gasteiger partial charge on any atom is -0.468 e. The summed E-state index contributed by atoms with van der Waals surface area (Å²) in [5.74, 6) is 1.07. The van der Waals surface area contributed by atoms with Gasteiger partial charge in [-0.1, -0.05) is 19.3 Å². The Bertz CT molecular complexity index is 351. The van der Waals surface area contributed by atoms with Crippen molar-refractivity contribution < 1.29 is 4.42 Å². The van der Waals surface area contributed by atoms with E-state index >= 15 is 0 Å². The summed E-state index contributed by atoms with van der Waals surface area (Å²) in [6.45, 7) is 2.22. The van der Waals surface area contributed by atoms with Crippen molar-refractivity contribution in [3.63, 3.8) is 0 Å². The molecule has 0 aliphatic heterocycles. The highest BCUT2D eigenvalue weighted by Gasteiger charge is 2.47. The molecule has 1 heterocycles. The summed E-state index contributed by atoms with van der Waals surface area (Å²) in [6.07, 6.45) is 11.8. The quantitative estimate of drug-likeness (QED) is 0.852. The average Bonchev–Trinajstić information content (AvgIpc) is 2.89. The molecule has 1 spiro atoms. The van der Waals surface area contributed by atoms with E-state index in [0.29, 0.717) is 11.5 Å². The number of hydrogen-bond acceptors (Lipinski definition) is 2. The first-order valence-electron chi connectivity index (χ1n) is 7.10. The molecule has 94 valence electrons. The second-order valence-corrected chi connectivity index (χ2v) is 5.92. The lowest BCUT2D eigenvalue weighted by Crippen LogP contribution is -2.54. The van der Waals surface area contributed by atoms with Gasteiger partial charge in [-0.3, -0.25) is 0 Å². The Morgan fingerprint density at radius 1 is 1.29 bits per heavy atom. The van der Waals surface area contributed by atoms with E-state index in [4.69, 9.17) is 4.42 Å². The van der Waals surface area contributed by atoms with Crippen LogP contribution in [0.1, 0.15) is 63.7 Å². The molecule has 2 saturated carbocycles. The van der Waals surface area contributed by atoms with E-state index < -0.39 is 0 Å². The first-order chi connectivity index (χ1) is 8.30. The summed E-state index contributed by atoms with van der Waals surface area (Å²) in [5, 5.41) is 3.79. The average molecular weight is 233 g/mol. The van der Waals surface area contributed by atoms with Crippen LogP contribution in [0.2, 0.25) is 0 Å². The predicted molar refractivity (Wildman–Crippen MR) is 68.8 cm³/mol. The molecular formula is C15H23NO. The molecule has 0 saturated heterocycles. The molecule has 2 fully saturated rings. The van der Waals surface area contributed by atoms with Crippen LogP contribution in [0.25, 0.3) is 0 Å². The molecule has 2 nitrogen and oxygen atoms in total. The van der Waals surface area contributed by atoms with Gasteiger partial charge in [0.15, 0.2) is 0 Å². The van der Waals surface area contributed by atoms with Crippen LogP contribution in [0.15, 0.2) is 22.8 Å². The van der Waals surface area contributed by atoms with Crippen LogP contribution >= 0.6 is 0 Å². The van der Waals surface area contributed by atoms with E-state index in [1.165, 1.54) is 44.9 Å². The fraction of sp³-hybridized carbons (Fsp3) is 0.733. The van der Waals surface area contributed by atoms with Crippen LogP contribution in [0.5, 0.6) is 0 Å². The highest BCUT2D eigenvalue weighted by Crippen LogP contribution is 2.52.